The normalized spacial score (nSPS) is 24.7. The van der Waals surface area contributed by atoms with Crippen molar-refractivity contribution in [3.05, 3.63) is 17.8 Å². The predicted molar refractivity (Wildman–Crippen MR) is 61.2 cm³/mol. The standard InChI is InChI=1S/C11H15N3O3/c1-7-5-14(6-8(2)17-7)10-4-3-9(11(15)16)12-13-10/h3-4,7-8H,5-6H2,1-2H3,(H,15,16)/t7-,8-/m0/s1. The number of hydrogen-bond acceptors (Lipinski definition) is 5. The summed E-state index contributed by atoms with van der Waals surface area (Å²) < 4.78 is 5.62. The molecule has 0 saturated carbocycles. The van der Waals surface area contributed by atoms with Crippen LogP contribution in [0, 0.1) is 0 Å². The molecule has 1 aliphatic heterocycles. The summed E-state index contributed by atoms with van der Waals surface area (Å²) in [5.41, 5.74) is -0.0388. The lowest BCUT2D eigenvalue weighted by Gasteiger charge is -2.35. The summed E-state index contributed by atoms with van der Waals surface area (Å²) in [6.45, 7) is 5.49. The highest BCUT2D eigenvalue weighted by Gasteiger charge is 2.23. The van der Waals surface area contributed by atoms with Crippen LogP contribution in [0.3, 0.4) is 0 Å². The summed E-state index contributed by atoms with van der Waals surface area (Å²) in [7, 11) is 0. The van der Waals surface area contributed by atoms with Gasteiger partial charge in [-0.15, -0.1) is 10.2 Å². The van der Waals surface area contributed by atoms with E-state index in [1.165, 1.54) is 6.07 Å². The second kappa shape index (κ2) is 4.67. The zero-order chi connectivity index (χ0) is 12.4. The number of nitrogens with zero attached hydrogens (tertiary/aromatic N) is 3. The van der Waals surface area contributed by atoms with Gasteiger partial charge in [0.15, 0.2) is 11.5 Å². The van der Waals surface area contributed by atoms with E-state index in [2.05, 4.69) is 15.1 Å². The maximum absolute atomic E-state index is 10.7. The van der Waals surface area contributed by atoms with Gasteiger partial charge in [0.25, 0.3) is 0 Å². The van der Waals surface area contributed by atoms with Crippen molar-refractivity contribution in [2.75, 3.05) is 18.0 Å². The van der Waals surface area contributed by atoms with Crippen molar-refractivity contribution in [2.24, 2.45) is 0 Å². The SMILES string of the molecule is C[C@H]1CN(c2ccc(C(=O)O)nn2)C[C@H](C)O1. The van der Waals surface area contributed by atoms with Gasteiger partial charge in [0, 0.05) is 13.1 Å². The van der Waals surface area contributed by atoms with Gasteiger partial charge in [-0.2, -0.15) is 0 Å². The van der Waals surface area contributed by atoms with Crippen molar-refractivity contribution in [2.45, 2.75) is 26.1 Å². The van der Waals surface area contributed by atoms with Crippen LogP contribution in [0.2, 0.25) is 0 Å². The van der Waals surface area contributed by atoms with Gasteiger partial charge in [-0.3, -0.25) is 0 Å². The number of hydrogen-bond donors (Lipinski definition) is 1. The zero-order valence-electron chi connectivity index (χ0n) is 9.83. The number of morpholine rings is 1. The Labute approximate surface area is 99.2 Å². The summed E-state index contributed by atoms with van der Waals surface area (Å²) in [4.78, 5) is 12.7. The highest BCUT2D eigenvalue weighted by molar-refractivity contribution is 5.85. The molecule has 2 heterocycles. The van der Waals surface area contributed by atoms with Crippen LogP contribution in [-0.4, -0.2) is 46.6 Å². The lowest BCUT2D eigenvalue weighted by molar-refractivity contribution is -0.00552. The first-order valence-corrected chi connectivity index (χ1v) is 5.53. The fraction of sp³-hybridized carbons (Fsp3) is 0.545. The minimum atomic E-state index is -1.06. The smallest absolute Gasteiger partial charge is 0.356 e. The molecule has 1 fully saturated rings. The van der Waals surface area contributed by atoms with Crippen molar-refractivity contribution < 1.29 is 14.6 Å². The summed E-state index contributed by atoms with van der Waals surface area (Å²) in [6.07, 6.45) is 0.277. The fourth-order valence-corrected chi connectivity index (χ4v) is 1.97. The lowest BCUT2D eigenvalue weighted by Crippen LogP contribution is -2.45. The number of anilines is 1. The molecule has 0 aliphatic carbocycles. The molecule has 17 heavy (non-hydrogen) atoms. The average molecular weight is 237 g/mol. The van der Waals surface area contributed by atoms with Crippen molar-refractivity contribution in [1.82, 2.24) is 10.2 Å². The monoisotopic (exact) mass is 237 g/mol. The largest absolute Gasteiger partial charge is 0.476 e. The van der Waals surface area contributed by atoms with E-state index in [-0.39, 0.29) is 17.9 Å². The van der Waals surface area contributed by atoms with Gasteiger partial charge < -0.3 is 14.7 Å². The molecule has 1 N–H and O–H groups in total. The molecular weight excluding hydrogens is 222 g/mol. The molecule has 0 bridgehead atoms. The quantitative estimate of drug-likeness (QED) is 0.819. The van der Waals surface area contributed by atoms with Crippen molar-refractivity contribution in [3.63, 3.8) is 0 Å². The summed E-state index contributed by atoms with van der Waals surface area (Å²) in [5.74, 6) is -0.371. The Morgan fingerprint density at radius 1 is 1.35 bits per heavy atom. The number of carboxylic acid groups (broad SMARTS) is 1. The molecule has 2 atom stereocenters. The third-order valence-electron chi connectivity index (χ3n) is 2.61. The van der Waals surface area contributed by atoms with Gasteiger partial charge in [-0.05, 0) is 26.0 Å². The molecular formula is C11H15N3O3. The Morgan fingerprint density at radius 2 is 2.00 bits per heavy atom. The van der Waals surface area contributed by atoms with E-state index in [1.54, 1.807) is 6.07 Å². The minimum Gasteiger partial charge on any atom is -0.476 e. The first-order valence-electron chi connectivity index (χ1n) is 5.53. The molecule has 0 aromatic carbocycles. The molecule has 1 aliphatic rings. The topological polar surface area (TPSA) is 75.6 Å². The Morgan fingerprint density at radius 3 is 2.47 bits per heavy atom. The Hall–Kier alpha value is -1.69. The maximum atomic E-state index is 10.7. The number of aromatic carboxylic acids is 1. The van der Waals surface area contributed by atoms with Gasteiger partial charge >= 0.3 is 5.97 Å². The fourth-order valence-electron chi connectivity index (χ4n) is 1.97. The zero-order valence-corrected chi connectivity index (χ0v) is 9.83. The second-order valence-corrected chi connectivity index (χ2v) is 4.24. The average Bonchev–Trinajstić information content (AvgIpc) is 2.28. The maximum Gasteiger partial charge on any atom is 0.356 e. The van der Waals surface area contributed by atoms with Crippen LogP contribution < -0.4 is 4.90 Å². The third-order valence-corrected chi connectivity index (χ3v) is 2.61. The molecule has 1 saturated heterocycles. The third kappa shape index (κ3) is 2.71. The second-order valence-electron chi connectivity index (χ2n) is 4.24. The first-order chi connectivity index (χ1) is 8.06. The van der Waals surface area contributed by atoms with Gasteiger partial charge in [-0.1, -0.05) is 0 Å². The van der Waals surface area contributed by atoms with E-state index < -0.39 is 5.97 Å². The van der Waals surface area contributed by atoms with E-state index in [1.807, 2.05) is 13.8 Å². The molecule has 0 spiro atoms. The Bertz CT molecular complexity index is 397. The van der Waals surface area contributed by atoms with Crippen LogP contribution in [0.25, 0.3) is 0 Å². The molecule has 92 valence electrons. The van der Waals surface area contributed by atoms with E-state index in [9.17, 15) is 4.79 Å². The van der Waals surface area contributed by atoms with Crippen molar-refractivity contribution >= 4 is 11.8 Å². The van der Waals surface area contributed by atoms with Gasteiger partial charge in [-0.25, -0.2) is 4.79 Å². The van der Waals surface area contributed by atoms with Crippen LogP contribution in [0.1, 0.15) is 24.3 Å². The van der Waals surface area contributed by atoms with Gasteiger partial charge in [0.2, 0.25) is 0 Å². The number of rotatable bonds is 2. The molecule has 0 amide bonds. The van der Waals surface area contributed by atoms with E-state index >= 15 is 0 Å². The van der Waals surface area contributed by atoms with Crippen LogP contribution in [0.15, 0.2) is 12.1 Å². The number of ether oxygens (including phenoxy) is 1. The Kier molecular flexibility index (Phi) is 3.23. The van der Waals surface area contributed by atoms with E-state index in [4.69, 9.17) is 9.84 Å². The van der Waals surface area contributed by atoms with E-state index in [0.717, 1.165) is 13.1 Å². The summed E-state index contributed by atoms with van der Waals surface area (Å²) >= 11 is 0. The molecule has 2 rings (SSSR count). The van der Waals surface area contributed by atoms with Crippen LogP contribution in [0.5, 0.6) is 0 Å². The highest BCUT2D eigenvalue weighted by Crippen LogP contribution is 2.17. The van der Waals surface area contributed by atoms with Crippen molar-refractivity contribution in [3.8, 4) is 0 Å². The summed E-state index contributed by atoms with van der Waals surface area (Å²) in [6, 6.07) is 3.15. The lowest BCUT2D eigenvalue weighted by atomic mass is 10.2. The van der Waals surface area contributed by atoms with E-state index in [0.29, 0.717) is 5.82 Å². The van der Waals surface area contributed by atoms with Crippen LogP contribution in [0.4, 0.5) is 5.82 Å². The predicted octanol–water partition coefficient (Wildman–Crippen LogP) is 0.788. The summed E-state index contributed by atoms with van der Waals surface area (Å²) in [5, 5.41) is 16.3. The number of carbonyl (C=O) groups is 1. The van der Waals surface area contributed by atoms with Gasteiger partial charge in [0.1, 0.15) is 0 Å². The van der Waals surface area contributed by atoms with Crippen LogP contribution in [-0.2, 0) is 4.74 Å². The molecule has 0 radical (unpaired) electrons. The molecule has 1 aromatic heterocycles. The molecule has 0 unspecified atom stereocenters. The molecule has 6 heteroatoms. The Balaban J connectivity index is 2.14. The molecule has 6 nitrogen and oxygen atoms in total. The highest BCUT2D eigenvalue weighted by atomic mass is 16.5. The number of aromatic nitrogens is 2. The first kappa shape index (κ1) is 11.8. The van der Waals surface area contributed by atoms with Crippen molar-refractivity contribution in [1.29, 1.82) is 0 Å². The molecule has 1 aromatic rings. The van der Waals surface area contributed by atoms with Crippen LogP contribution >= 0.6 is 0 Å². The van der Waals surface area contributed by atoms with Gasteiger partial charge in [0.05, 0.1) is 12.2 Å². The minimum absolute atomic E-state index is 0.0388. The number of carboxylic acids is 1.